The molecule has 2 unspecified atom stereocenters. The summed E-state index contributed by atoms with van der Waals surface area (Å²) < 4.78 is 30.8. The lowest BCUT2D eigenvalue weighted by molar-refractivity contribution is -0.837. The first-order valence-electron chi connectivity index (χ1n) is 8.53. The molecule has 1 rings (SSSR count). The number of carbonyl (C=O) groups is 1. The van der Waals surface area contributed by atoms with Crippen molar-refractivity contribution >= 4 is 21.7 Å². The Kier molecular flexibility index (Phi) is 8.87. The van der Waals surface area contributed by atoms with E-state index >= 15 is 0 Å². The Morgan fingerprint density at radius 1 is 1.40 bits per heavy atom. The number of hydrogen-bond donors (Lipinski definition) is 3. The molecule has 0 aliphatic carbocycles. The van der Waals surface area contributed by atoms with Gasteiger partial charge in [-0.15, -0.1) is 0 Å². The average molecular weight is 377 g/mol. The average Bonchev–Trinajstić information content (AvgIpc) is 2.88. The molecule has 0 aromatic carbocycles. The molecule has 0 bridgehead atoms. The van der Waals surface area contributed by atoms with Crippen molar-refractivity contribution in [3.8, 4) is 0 Å². The molecule has 0 fully saturated rings. The van der Waals surface area contributed by atoms with Crippen LogP contribution in [0.3, 0.4) is 0 Å². The van der Waals surface area contributed by atoms with Crippen molar-refractivity contribution < 1.29 is 32.5 Å². The van der Waals surface area contributed by atoms with Gasteiger partial charge < -0.3 is 10.2 Å². The maximum atomic E-state index is 12.5. The Balaban J connectivity index is 2.76. The SMILES string of the molecule is C/C=C/CCCCC(=O)C1=NCC[N+]1(CCO)CC(O)CS(=O)(=O)O. The van der Waals surface area contributed by atoms with Crippen LogP contribution in [0.4, 0.5) is 0 Å². The highest BCUT2D eigenvalue weighted by atomic mass is 32.2. The van der Waals surface area contributed by atoms with Crippen LogP contribution < -0.4 is 0 Å². The molecule has 1 aliphatic heterocycles. The number of nitrogens with zero attached hydrogens (tertiary/aromatic N) is 2. The van der Waals surface area contributed by atoms with Crippen molar-refractivity contribution in [2.75, 3.05) is 38.5 Å². The van der Waals surface area contributed by atoms with Gasteiger partial charge in [0.05, 0.1) is 13.2 Å². The number of aliphatic hydroxyl groups is 2. The molecular weight excluding hydrogens is 348 g/mol. The molecular formula is C16H29N2O6S+. The summed E-state index contributed by atoms with van der Waals surface area (Å²) in [7, 11) is -4.32. The fourth-order valence-electron chi connectivity index (χ4n) is 3.16. The standard InChI is InChI=1S/C16H28N2O6S/c1-2-3-4-5-6-7-15(21)16-17-8-9-18(16,10-11-19)12-14(20)13-25(22,23)24/h2-3,14,19-20H,4-13H2,1H3/p+1/b3-2+. The Morgan fingerprint density at radius 3 is 2.72 bits per heavy atom. The number of allylic oxidation sites excluding steroid dienone is 2. The summed E-state index contributed by atoms with van der Waals surface area (Å²) in [5.74, 6) is -0.650. The normalized spacial score (nSPS) is 22.3. The number of ketones is 1. The molecule has 8 nitrogen and oxygen atoms in total. The van der Waals surface area contributed by atoms with E-state index in [2.05, 4.69) is 4.99 Å². The Hall–Kier alpha value is -1.13. The van der Waals surface area contributed by atoms with Gasteiger partial charge in [0.2, 0.25) is 5.78 Å². The first-order chi connectivity index (χ1) is 11.7. The molecule has 2 atom stereocenters. The second kappa shape index (κ2) is 10.1. The van der Waals surface area contributed by atoms with E-state index < -0.39 is 22.0 Å². The summed E-state index contributed by atoms with van der Waals surface area (Å²) in [5, 5.41) is 19.4. The number of hydrogen-bond acceptors (Lipinski definition) is 6. The van der Waals surface area contributed by atoms with Gasteiger partial charge in [-0.1, -0.05) is 12.2 Å². The third kappa shape index (κ3) is 7.33. The number of aliphatic imine (C=N–C) groups is 1. The number of unbranched alkanes of at least 4 members (excludes halogenated alkanes) is 2. The predicted octanol–water partition coefficient (Wildman–Crippen LogP) is 0.162. The van der Waals surface area contributed by atoms with E-state index in [4.69, 9.17) is 4.55 Å². The zero-order chi connectivity index (χ0) is 18.9. The number of aliphatic hydroxyl groups excluding tert-OH is 2. The van der Waals surface area contributed by atoms with E-state index in [-0.39, 0.29) is 35.8 Å². The van der Waals surface area contributed by atoms with Crippen LogP contribution in [0, 0.1) is 0 Å². The summed E-state index contributed by atoms with van der Waals surface area (Å²) in [6.45, 7) is 2.62. The molecule has 0 aromatic rings. The molecule has 0 saturated carbocycles. The molecule has 9 heteroatoms. The quantitative estimate of drug-likeness (QED) is 0.193. The van der Waals surface area contributed by atoms with Crippen LogP contribution in [-0.4, -0.2) is 83.9 Å². The van der Waals surface area contributed by atoms with Gasteiger partial charge in [-0.05, 0) is 26.2 Å². The van der Waals surface area contributed by atoms with Gasteiger partial charge in [-0.25, -0.2) is 4.99 Å². The molecule has 0 saturated heterocycles. The lowest BCUT2D eigenvalue weighted by atomic mass is 10.1. The summed E-state index contributed by atoms with van der Waals surface area (Å²) in [4.78, 5) is 16.8. The van der Waals surface area contributed by atoms with Crippen LogP contribution in [0.15, 0.2) is 17.1 Å². The van der Waals surface area contributed by atoms with E-state index in [1.165, 1.54) is 0 Å². The second-order valence-electron chi connectivity index (χ2n) is 6.34. The van der Waals surface area contributed by atoms with Crippen LogP contribution in [0.5, 0.6) is 0 Å². The van der Waals surface area contributed by atoms with E-state index in [1.54, 1.807) is 0 Å². The molecule has 0 spiro atoms. The third-order valence-electron chi connectivity index (χ3n) is 4.24. The van der Waals surface area contributed by atoms with Crippen molar-refractivity contribution in [1.29, 1.82) is 0 Å². The van der Waals surface area contributed by atoms with Gasteiger partial charge in [0, 0.05) is 6.42 Å². The maximum Gasteiger partial charge on any atom is 0.267 e. The highest BCUT2D eigenvalue weighted by molar-refractivity contribution is 7.85. The fraction of sp³-hybridized carbons (Fsp3) is 0.750. The third-order valence-corrected chi connectivity index (χ3v) is 5.05. The first kappa shape index (κ1) is 21.9. The Morgan fingerprint density at radius 2 is 2.12 bits per heavy atom. The first-order valence-corrected chi connectivity index (χ1v) is 10.1. The molecule has 0 radical (unpaired) electrons. The van der Waals surface area contributed by atoms with Crippen LogP contribution >= 0.6 is 0 Å². The molecule has 0 aromatic heterocycles. The molecule has 0 amide bonds. The lowest BCUT2D eigenvalue weighted by Crippen LogP contribution is -2.59. The minimum atomic E-state index is -4.32. The van der Waals surface area contributed by atoms with Gasteiger partial charge in [-0.2, -0.15) is 8.42 Å². The molecule has 1 heterocycles. The fourth-order valence-corrected chi connectivity index (χ4v) is 3.75. The minimum absolute atomic E-state index is 0.0408. The van der Waals surface area contributed by atoms with E-state index in [9.17, 15) is 23.4 Å². The van der Waals surface area contributed by atoms with Gasteiger partial charge >= 0.3 is 0 Å². The highest BCUT2D eigenvalue weighted by Crippen LogP contribution is 2.19. The van der Waals surface area contributed by atoms with Crippen LogP contribution in [0.2, 0.25) is 0 Å². The highest BCUT2D eigenvalue weighted by Gasteiger charge is 2.43. The number of quaternary nitrogens is 1. The van der Waals surface area contributed by atoms with Gasteiger partial charge in [0.15, 0.2) is 0 Å². The van der Waals surface area contributed by atoms with E-state index in [1.807, 2.05) is 19.1 Å². The molecule has 144 valence electrons. The summed E-state index contributed by atoms with van der Waals surface area (Å²) in [5.41, 5.74) is 0. The van der Waals surface area contributed by atoms with E-state index in [0.29, 0.717) is 19.5 Å². The zero-order valence-electron chi connectivity index (χ0n) is 14.7. The zero-order valence-corrected chi connectivity index (χ0v) is 15.5. The number of carbonyl (C=O) groups excluding carboxylic acids is 1. The number of rotatable bonds is 12. The summed E-state index contributed by atoms with van der Waals surface area (Å²) >= 11 is 0. The van der Waals surface area contributed by atoms with Crippen molar-refractivity contribution in [3.05, 3.63) is 12.2 Å². The van der Waals surface area contributed by atoms with Crippen molar-refractivity contribution in [1.82, 2.24) is 0 Å². The maximum absolute atomic E-state index is 12.5. The second-order valence-corrected chi connectivity index (χ2v) is 7.84. The molecule has 25 heavy (non-hydrogen) atoms. The van der Waals surface area contributed by atoms with Crippen molar-refractivity contribution in [2.24, 2.45) is 4.99 Å². The van der Waals surface area contributed by atoms with Gasteiger partial charge in [0.25, 0.3) is 16.0 Å². The summed E-state index contributed by atoms with van der Waals surface area (Å²) in [6.07, 6.45) is 5.49. The molecule has 3 N–H and O–H groups in total. The topological polar surface area (TPSA) is 124 Å². The minimum Gasteiger partial charge on any atom is -0.390 e. The largest absolute Gasteiger partial charge is 0.390 e. The van der Waals surface area contributed by atoms with Crippen LogP contribution in [-0.2, 0) is 14.9 Å². The Bertz CT molecular complexity index is 602. The van der Waals surface area contributed by atoms with Gasteiger partial charge in [0.1, 0.15) is 31.5 Å². The van der Waals surface area contributed by atoms with Crippen LogP contribution in [0.25, 0.3) is 0 Å². The predicted molar refractivity (Wildman–Crippen MR) is 95.0 cm³/mol. The van der Waals surface area contributed by atoms with E-state index in [0.717, 1.165) is 19.3 Å². The van der Waals surface area contributed by atoms with Gasteiger partial charge in [-0.3, -0.25) is 13.8 Å². The Labute approximate surface area is 149 Å². The summed E-state index contributed by atoms with van der Waals surface area (Å²) in [6, 6.07) is 0. The van der Waals surface area contributed by atoms with Crippen molar-refractivity contribution in [3.63, 3.8) is 0 Å². The van der Waals surface area contributed by atoms with Crippen molar-refractivity contribution in [2.45, 2.75) is 38.7 Å². The number of amidine groups is 1. The molecule has 1 aliphatic rings. The van der Waals surface area contributed by atoms with Crippen LogP contribution in [0.1, 0.15) is 32.6 Å². The lowest BCUT2D eigenvalue weighted by Gasteiger charge is -2.34. The number of Topliss-reactive ketones (excluding diaryl/α,β-unsaturated/α-hetero) is 1. The smallest absolute Gasteiger partial charge is 0.267 e. The monoisotopic (exact) mass is 377 g/mol.